The molecular weight excluding hydrogens is 342 g/mol. The predicted octanol–water partition coefficient (Wildman–Crippen LogP) is 2.73. The Morgan fingerprint density at radius 1 is 1.11 bits per heavy atom. The van der Waals surface area contributed by atoms with Crippen molar-refractivity contribution in [2.45, 2.75) is 32.9 Å². The molecule has 0 saturated heterocycles. The van der Waals surface area contributed by atoms with Crippen LogP contribution in [0.5, 0.6) is 0 Å². The zero-order chi connectivity index (χ0) is 18.8. The van der Waals surface area contributed by atoms with Crippen molar-refractivity contribution in [1.29, 1.82) is 0 Å². The predicted molar refractivity (Wildman–Crippen MR) is 105 cm³/mol. The molecule has 0 aliphatic heterocycles. The lowest BCUT2D eigenvalue weighted by Crippen LogP contribution is -2.34. The quantitative estimate of drug-likeness (QED) is 0.552. The van der Waals surface area contributed by atoms with Gasteiger partial charge in [0.15, 0.2) is 0 Å². The maximum Gasteiger partial charge on any atom is 0.328 e. The monoisotopic (exact) mass is 363 g/mol. The van der Waals surface area contributed by atoms with Crippen molar-refractivity contribution in [3.63, 3.8) is 0 Å². The third-order valence-corrected chi connectivity index (χ3v) is 4.63. The van der Waals surface area contributed by atoms with Crippen LogP contribution in [0.1, 0.15) is 25.3 Å². The molecule has 0 unspecified atom stereocenters. The molecule has 0 saturated carbocycles. The standard InChI is InChI=1S/C20H21N5O2/c1-2-3-9-25-19(26)18-17(23-20(25)27)10-16(22-18)15-11-21-24(13-15)12-14-7-5-4-6-8-14/h4-8,10-11,13,22H,2-3,9,12H2,1H3,(H,23,27). The third-order valence-electron chi connectivity index (χ3n) is 4.63. The van der Waals surface area contributed by atoms with Gasteiger partial charge in [0, 0.05) is 18.3 Å². The SMILES string of the molecule is CCCCn1c(=O)[nH]c2cc(-c3cnn(Cc4ccccc4)c3)[nH]c2c1=O. The van der Waals surface area contributed by atoms with E-state index in [-0.39, 0.29) is 11.2 Å². The fourth-order valence-electron chi connectivity index (χ4n) is 3.17. The highest BCUT2D eigenvalue weighted by molar-refractivity contribution is 5.81. The molecule has 138 valence electrons. The molecule has 7 heteroatoms. The lowest BCUT2D eigenvalue weighted by atomic mass is 10.2. The summed E-state index contributed by atoms with van der Waals surface area (Å²) in [6.45, 7) is 3.11. The van der Waals surface area contributed by atoms with Crippen LogP contribution in [0, 0.1) is 0 Å². The maximum absolute atomic E-state index is 12.6. The van der Waals surface area contributed by atoms with Crippen LogP contribution < -0.4 is 11.2 Å². The van der Waals surface area contributed by atoms with E-state index in [2.05, 4.69) is 15.1 Å². The van der Waals surface area contributed by atoms with Crippen molar-refractivity contribution in [3.05, 3.63) is 75.2 Å². The minimum absolute atomic E-state index is 0.287. The average Bonchev–Trinajstić information content (AvgIpc) is 3.29. The van der Waals surface area contributed by atoms with Crippen molar-refractivity contribution >= 4 is 11.0 Å². The zero-order valence-corrected chi connectivity index (χ0v) is 15.1. The molecule has 7 nitrogen and oxygen atoms in total. The van der Waals surface area contributed by atoms with Crippen LogP contribution in [0.3, 0.4) is 0 Å². The van der Waals surface area contributed by atoms with Gasteiger partial charge in [-0.05, 0) is 18.1 Å². The van der Waals surface area contributed by atoms with Crippen LogP contribution in [0.2, 0.25) is 0 Å². The highest BCUT2D eigenvalue weighted by Gasteiger charge is 2.12. The fraction of sp³-hybridized carbons (Fsp3) is 0.250. The first kappa shape index (κ1) is 17.1. The average molecular weight is 363 g/mol. The van der Waals surface area contributed by atoms with Gasteiger partial charge in [0.2, 0.25) is 0 Å². The largest absolute Gasteiger partial charge is 0.349 e. The minimum Gasteiger partial charge on any atom is -0.349 e. The molecule has 0 aliphatic rings. The molecular formula is C20H21N5O2. The summed E-state index contributed by atoms with van der Waals surface area (Å²) in [7, 11) is 0. The van der Waals surface area contributed by atoms with Gasteiger partial charge < -0.3 is 9.97 Å². The van der Waals surface area contributed by atoms with Gasteiger partial charge in [-0.25, -0.2) is 4.79 Å². The van der Waals surface area contributed by atoms with E-state index in [1.165, 1.54) is 4.57 Å². The number of aromatic nitrogens is 5. The van der Waals surface area contributed by atoms with Crippen molar-refractivity contribution in [1.82, 2.24) is 24.3 Å². The van der Waals surface area contributed by atoms with Gasteiger partial charge in [-0.15, -0.1) is 0 Å². The number of unbranched alkanes of at least 4 members (excludes halogenated alkanes) is 1. The Morgan fingerprint density at radius 3 is 2.70 bits per heavy atom. The number of hydrogen-bond donors (Lipinski definition) is 2. The number of fused-ring (bicyclic) bond motifs is 1. The highest BCUT2D eigenvalue weighted by Crippen LogP contribution is 2.20. The summed E-state index contributed by atoms with van der Waals surface area (Å²) >= 11 is 0. The normalized spacial score (nSPS) is 11.3. The molecule has 27 heavy (non-hydrogen) atoms. The molecule has 0 amide bonds. The minimum atomic E-state index is -0.369. The second-order valence-corrected chi connectivity index (χ2v) is 6.62. The molecule has 0 fully saturated rings. The molecule has 0 bridgehead atoms. The van der Waals surface area contributed by atoms with Crippen LogP contribution in [-0.2, 0) is 13.1 Å². The second kappa shape index (κ2) is 7.11. The Hall–Kier alpha value is -3.35. The molecule has 3 aromatic heterocycles. The van der Waals surface area contributed by atoms with Gasteiger partial charge in [0.1, 0.15) is 5.52 Å². The van der Waals surface area contributed by atoms with Crippen molar-refractivity contribution in [2.24, 2.45) is 0 Å². The lowest BCUT2D eigenvalue weighted by Gasteiger charge is -2.02. The summed E-state index contributed by atoms with van der Waals surface area (Å²) < 4.78 is 3.10. The van der Waals surface area contributed by atoms with Crippen LogP contribution >= 0.6 is 0 Å². The number of hydrogen-bond acceptors (Lipinski definition) is 3. The molecule has 0 spiro atoms. The van der Waals surface area contributed by atoms with E-state index in [4.69, 9.17) is 0 Å². The Bertz CT molecular complexity index is 1180. The molecule has 4 rings (SSSR count). The Labute approximate surface area is 155 Å². The molecule has 0 radical (unpaired) electrons. The van der Waals surface area contributed by atoms with Crippen LogP contribution in [-0.4, -0.2) is 24.3 Å². The van der Waals surface area contributed by atoms with E-state index >= 15 is 0 Å². The summed E-state index contributed by atoms with van der Waals surface area (Å²) in [6.07, 6.45) is 5.38. The Balaban J connectivity index is 1.68. The van der Waals surface area contributed by atoms with Gasteiger partial charge in [-0.2, -0.15) is 5.10 Å². The van der Waals surface area contributed by atoms with Gasteiger partial charge in [0.25, 0.3) is 5.56 Å². The van der Waals surface area contributed by atoms with E-state index in [1.807, 2.05) is 48.1 Å². The summed E-state index contributed by atoms with van der Waals surface area (Å²) in [6, 6.07) is 11.9. The molecule has 0 aliphatic carbocycles. The molecule has 3 heterocycles. The second-order valence-electron chi connectivity index (χ2n) is 6.62. The first-order valence-electron chi connectivity index (χ1n) is 9.08. The first-order chi connectivity index (χ1) is 13.2. The third kappa shape index (κ3) is 3.36. The lowest BCUT2D eigenvalue weighted by molar-refractivity contribution is 0.588. The van der Waals surface area contributed by atoms with Gasteiger partial charge in [-0.3, -0.25) is 14.0 Å². The summed E-state index contributed by atoms with van der Waals surface area (Å²) in [5, 5.41) is 4.40. The zero-order valence-electron chi connectivity index (χ0n) is 15.1. The molecule has 0 atom stereocenters. The van der Waals surface area contributed by atoms with E-state index in [9.17, 15) is 9.59 Å². The van der Waals surface area contributed by atoms with Crippen LogP contribution in [0.25, 0.3) is 22.3 Å². The number of rotatable bonds is 6. The number of nitrogens with zero attached hydrogens (tertiary/aromatic N) is 3. The van der Waals surface area contributed by atoms with Crippen molar-refractivity contribution in [3.8, 4) is 11.3 Å². The van der Waals surface area contributed by atoms with Crippen molar-refractivity contribution in [2.75, 3.05) is 0 Å². The van der Waals surface area contributed by atoms with Gasteiger partial charge in [-0.1, -0.05) is 43.7 Å². The molecule has 2 N–H and O–H groups in total. The van der Waals surface area contributed by atoms with E-state index in [0.717, 1.165) is 29.7 Å². The van der Waals surface area contributed by atoms with Gasteiger partial charge >= 0.3 is 5.69 Å². The van der Waals surface area contributed by atoms with Crippen molar-refractivity contribution < 1.29 is 0 Å². The topological polar surface area (TPSA) is 88.5 Å². The molecule has 4 aromatic rings. The first-order valence-corrected chi connectivity index (χ1v) is 9.08. The maximum atomic E-state index is 12.6. The number of aromatic amines is 2. The van der Waals surface area contributed by atoms with E-state index in [1.54, 1.807) is 12.3 Å². The molecule has 1 aromatic carbocycles. The summed E-state index contributed by atoms with van der Waals surface area (Å²) in [4.78, 5) is 30.8. The number of benzene rings is 1. The summed E-state index contributed by atoms with van der Waals surface area (Å²) in [5.41, 5.74) is 3.05. The summed E-state index contributed by atoms with van der Waals surface area (Å²) in [5.74, 6) is 0. The number of nitrogens with one attached hydrogen (secondary N) is 2. The van der Waals surface area contributed by atoms with Gasteiger partial charge in [0.05, 0.1) is 24.0 Å². The fourth-order valence-corrected chi connectivity index (χ4v) is 3.17. The van der Waals surface area contributed by atoms with E-state index in [0.29, 0.717) is 24.1 Å². The van der Waals surface area contributed by atoms with Crippen LogP contribution in [0.4, 0.5) is 0 Å². The number of H-pyrrole nitrogens is 2. The Kier molecular flexibility index (Phi) is 4.50. The smallest absolute Gasteiger partial charge is 0.328 e. The van der Waals surface area contributed by atoms with Crippen LogP contribution in [0.15, 0.2) is 58.4 Å². The van der Waals surface area contributed by atoms with E-state index < -0.39 is 0 Å². The highest BCUT2D eigenvalue weighted by atomic mass is 16.2. The Morgan fingerprint density at radius 2 is 1.93 bits per heavy atom.